The van der Waals surface area contributed by atoms with E-state index in [0.29, 0.717) is 32.0 Å². The van der Waals surface area contributed by atoms with E-state index >= 15 is 0 Å². The Morgan fingerprint density at radius 2 is 1.81 bits per heavy atom. The van der Waals surface area contributed by atoms with Crippen molar-refractivity contribution >= 4 is 12.0 Å². The smallest absolute Gasteiger partial charge is 0.329 e. The van der Waals surface area contributed by atoms with Gasteiger partial charge in [-0.05, 0) is 25.7 Å². The largest absolute Gasteiger partial charge is 0.480 e. The molecule has 1 saturated carbocycles. The van der Waals surface area contributed by atoms with E-state index in [-0.39, 0.29) is 12.1 Å². The van der Waals surface area contributed by atoms with Gasteiger partial charge in [0.1, 0.15) is 5.54 Å². The van der Waals surface area contributed by atoms with Gasteiger partial charge in [-0.25, -0.2) is 9.59 Å². The number of hydrogen-bond acceptors (Lipinski definition) is 3. The van der Waals surface area contributed by atoms with Gasteiger partial charge < -0.3 is 20.5 Å². The molecule has 2 rings (SSSR count). The van der Waals surface area contributed by atoms with E-state index in [1.54, 1.807) is 0 Å². The molecule has 1 atom stereocenters. The molecule has 1 aliphatic carbocycles. The van der Waals surface area contributed by atoms with Crippen LogP contribution in [0, 0.1) is 5.92 Å². The molecule has 2 fully saturated rings. The number of carboxylic acids is 1. The summed E-state index contributed by atoms with van der Waals surface area (Å²) in [6, 6.07) is -0.298. The summed E-state index contributed by atoms with van der Waals surface area (Å²) in [4.78, 5) is 23.6. The molecule has 6 nitrogen and oxygen atoms in total. The topological polar surface area (TPSA) is 87.7 Å². The van der Waals surface area contributed by atoms with Crippen LogP contribution in [-0.4, -0.2) is 41.9 Å². The van der Waals surface area contributed by atoms with Crippen LogP contribution in [0.15, 0.2) is 0 Å². The molecule has 1 saturated heterocycles. The first-order valence-corrected chi connectivity index (χ1v) is 7.93. The van der Waals surface area contributed by atoms with Crippen LogP contribution in [0.4, 0.5) is 4.79 Å². The van der Waals surface area contributed by atoms with E-state index in [1.165, 1.54) is 19.3 Å². The molecule has 6 heteroatoms. The zero-order valence-corrected chi connectivity index (χ0v) is 12.7. The summed E-state index contributed by atoms with van der Waals surface area (Å²) in [5, 5.41) is 15.0. The van der Waals surface area contributed by atoms with Crippen LogP contribution in [0.1, 0.15) is 51.9 Å². The van der Waals surface area contributed by atoms with Crippen LogP contribution < -0.4 is 10.6 Å². The van der Waals surface area contributed by atoms with E-state index in [2.05, 4.69) is 10.6 Å². The maximum absolute atomic E-state index is 12.1. The fourth-order valence-electron chi connectivity index (χ4n) is 3.32. The first-order chi connectivity index (χ1) is 10.0. The monoisotopic (exact) mass is 298 g/mol. The third kappa shape index (κ3) is 4.09. The van der Waals surface area contributed by atoms with Gasteiger partial charge in [-0.3, -0.25) is 0 Å². The molecule has 0 spiro atoms. The molecule has 120 valence electrons. The molecule has 0 aromatic carbocycles. The summed E-state index contributed by atoms with van der Waals surface area (Å²) >= 11 is 0. The lowest BCUT2D eigenvalue weighted by Crippen LogP contribution is -2.60. The fraction of sp³-hybridized carbons (Fsp3) is 0.867. The third-order valence-corrected chi connectivity index (χ3v) is 4.82. The highest BCUT2D eigenvalue weighted by Gasteiger charge is 2.41. The maximum Gasteiger partial charge on any atom is 0.329 e. The Balaban J connectivity index is 1.88. The van der Waals surface area contributed by atoms with Crippen molar-refractivity contribution in [1.82, 2.24) is 10.6 Å². The van der Waals surface area contributed by atoms with Crippen LogP contribution >= 0.6 is 0 Å². The second-order valence-corrected chi connectivity index (χ2v) is 6.28. The number of carbonyl (C=O) groups excluding carboxylic acids is 1. The number of aliphatic carboxylic acids is 1. The summed E-state index contributed by atoms with van der Waals surface area (Å²) in [6.07, 6.45) is 6.61. The first kappa shape index (κ1) is 16.1. The van der Waals surface area contributed by atoms with Crippen molar-refractivity contribution in [2.75, 3.05) is 13.2 Å². The minimum absolute atomic E-state index is 0.0796. The Hall–Kier alpha value is -1.30. The summed E-state index contributed by atoms with van der Waals surface area (Å²) in [5.41, 5.74) is -1.19. The first-order valence-electron chi connectivity index (χ1n) is 7.93. The van der Waals surface area contributed by atoms with Crippen molar-refractivity contribution in [3.8, 4) is 0 Å². The second kappa shape index (κ2) is 7.11. The highest BCUT2D eigenvalue weighted by atomic mass is 16.5. The highest BCUT2D eigenvalue weighted by molar-refractivity contribution is 5.86. The van der Waals surface area contributed by atoms with E-state index in [4.69, 9.17) is 4.74 Å². The van der Waals surface area contributed by atoms with Crippen molar-refractivity contribution in [3.63, 3.8) is 0 Å². The van der Waals surface area contributed by atoms with Gasteiger partial charge in [0.05, 0.1) is 0 Å². The normalized spacial score (nSPS) is 24.0. The van der Waals surface area contributed by atoms with Crippen LogP contribution in [-0.2, 0) is 9.53 Å². The summed E-state index contributed by atoms with van der Waals surface area (Å²) in [7, 11) is 0. The Bertz CT molecular complexity index is 374. The molecule has 0 bridgehead atoms. The zero-order chi connectivity index (χ0) is 15.3. The summed E-state index contributed by atoms with van der Waals surface area (Å²) < 4.78 is 5.20. The van der Waals surface area contributed by atoms with Gasteiger partial charge in [-0.15, -0.1) is 0 Å². The molecule has 21 heavy (non-hydrogen) atoms. The lowest BCUT2D eigenvalue weighted by Gasteiger charge is -2.35. The van der Waals surface area contributed by atoms with Gasteiger partial charge in [0, 0.05) is 32.1 Å². The predicted molar refractivity (Wildman–Crippen MR) is 78.1 cm³/mol. The number of carbonyl (C=O) groups is 2. The van der Waals surface area contributed by atoms with Crippen molar-refractivity contribution in [1.29, 1.82) is 0 Å². The SMILES string of the molecule is CC(NC(=O)NC1(C(=O)O)CCOCC1)C1CCCCC1. The minimum atomic E-state index is -1.19. The number of hydrogen-bond donors (Lipinski definition) is 3. The number of amides is 2. The van der Waals surface area contributed by atoms with Gasteiger partial charge in [0.2, 0.25) is 0 Å². The summed E-state index contributed by atoms with van der Waals surface area (Å²) in [6.45, 7) is 2.74. The van der Waals surface area contributed by atoms with Crippen molar-refractivity contribution in [3.05, 3.63) is 0 Å². The zero-order valence-electron chi connectivity index (χ0n) is 12.7. The molecular weight excluding hydrogens is 272 g/mol. The van der Waals surface area contributed by atoms with Crippen LogP contribution in [0.3, 0.4) is 0 Å². The van der Waals surface area contributed by atoms with Gasteiger partial charge in [-0.2, -0.15) is 0 Å². The van der Waals surface area contributed by atoms with Crippen LogP contribution in [0.5, 0.6) is 0 Å². The Morgan fingerprint density at radius 3 is 2.38 bits per heavy atom. The van der Waals surface area contributed by atoms with Gasteiger partial charge in [0.25, 0.3) is 0 Å². The van der Waals surface area contributed by atoms with E-state index in [0.717, 1.165) is 12.8 Å². The molecule has 0 aromatic heterocycles. The van der Waals surface area contributed by atoms with Gasteiger partial charge >= 0.3 is 12.0 Å². The number of ether oxygens (including phenoxy) is 1. The Labute approximate surface area is 125 Å². The third-order valence-electron chi connectivity index (χ3n) is 4.82. The number of urea groups is 1. The van der Waals surface area contributed by atoms with Crippen molar-refractivity contribution in [2.45, 2.75) is 63.5 Å². The van der Waals surface area contributed by atoms with Gasteiger partial charge in [0.15, 0.2) is 0 Å². The quantitative estimate of drug-likeness (QED) is 0.739. The van der Waals surface area contributed by atoms with Crippen LogP contribution in [0.2, 0.25) is 0 Å². The van der Waals surface area contributed by atoms with E-state index < -0.39 is 11.5 Å². The highest BCUT2D eigenvalue weighted by Crippen LogP contribution is 2.26. The average molecular weight is 298 g/mol. The van der Waals surface area contributed by atoms with Gasteiger partial charge in [-0.1, -0.05) is 19.3 Å². The molecule has 3 N–H and O–H groups in total. The lowest BCUT2D eigenvalue weighted by atomic mass is 9.84. The maximum atomic E-state index is 12.1. The molecule has 2 aliphatic rings. The molecule has 0 aromatic rings. The van der Waals surface area contributed by atoms with E-state index in [1.807, 2.05) is 6.92 Å². The standard InChI is InChI=1S/C15H26N2O4/c1-11(12-5-3-2-4-6-12)16-14(20)17-15(13(18)19)7-9-21-10-8-15/h11-12H,2-10H2,1H3,(H,18,19)(H2,16,17,20). The number of rotatable bonds is 4. The van der Waals surface area contributed by atoms with E-state index in [9.17, 15) is 14.7 Å². The van der Waals surface area contributed by atoms with Crippen molar-refractivity contribution < 1.29 is 19.4 Å². The molecular formula is C15H26N2O4. The second-order valence-electron chi connectivity index (χ2n) is 6.28. The average Bonchev–Trinajstić information content (AvgIpc) is 2.48. The predicted octanol–water partition coefficient (Wildman–Crippen LogP) is 1.89. The fourth-order valence-corrected chi connectivity index (χ4v) is 3.32. The Kier molecular flexibility index (Phi) is 5.45. The van der Waals surface area contributed by atoms with Crippen LogP contribution in [0.25, 0.3) is 0 Å². The number of carboxylic acid groups (broad SMARTS) is 1. The molecule has 2 amide bonds. The van der Waals surface area contributed by atoms with Crippen molar-refractivity contribution in [2.24, 2.45) is 5.92 Å². The molecule has 0 radical (unpaired) electrons. The molecule has 1 heterocycles. The minimum Gasteiger partial charge on any atom is -0.480 e. The Morgan fingerprint density at radius 1 is 1.19 bits per heavy atom. The lowest BCUT2D eigenvalue weighted by molar-refractivity contribution is -0.148. The summed E-state index contributed by atoms with van der Waals surface area (Å²) in [5.74, 6) is -0.480. The number of nitrogens with one attached hydrogen (secondary N) is 2. The molecule has 1 unspecified atom stereocenters. The molecule has 1 aliphatic heterocycles.